The number of carbonyl (C=O) groups is 4. The van der Waals surface area contributed by atoms with Crippen LogP contribution in [0.5, 0.6) is 11.5 Å². The normalized spacial score (nSPS) is 14.5. The largest absolute Gasteiger partial charge is 0.481 e. The van der Waals surface area contributed by atoms with Gasteiger partial charge in [-0.15, -0.1) is 0 Å². The number of aliphatic carboxylic acids is 1. The molecule has 0 unspecified atom stereocenters. The Hall–Kier alpha value is -6.12. The Balaban J connectivity index is 0.000000605. The molecule has 14 nitrogen and oxygen atoms in total. The highest BCUT2D eigenvalue weighted by molar-refractivity contribution is 6.07. The lowest BCUT2D eigenvalue weighted by Crippen LogP contribution is -2.37. The molecule has 0 saturated carbocycles. The van der Waals surface area contributed by atoms with Gasteiger partial charge in [-0.3, -0.25) is 24.7 Å². The van der Waals surface area contributed by atoms with Gasteiger partial charge in [0.1, 0.15) is 17.3 Å². The zero-order valence-electron chi connectivity index (χ0n) is 34.0. The number of ketones is 1. The van der Waals surface area contributed by atoms with Crippen molar-refractivity contribution in [2.24, 2.45) is 11.8 Å². The summed E-state index contributed by atoms with van der Waals surface area (Å²) in [6.45, 7) is 10.6. The van der Waals surface area contributed by atoms with Gasteiger partial charge in [0.2, 0.25) is 5.91 Å². The minimum absolute atomic E-state index is 0. The lowest BCUT2D eigenvalue weighted by atomic mass is 9.92. The van der Waals surface area contributed by atoms with Crippen LogP contribution in [-0.4, -0.2) is 76.5 Å². The molecular weight excluding hydrogens is 765 g/mol. The number of aryl methyl sites for hydroxylation is 1. The van der Waals surface area contributed by atoms with Crippen molar-refractivity contribution in [2.75, 3.05) is 43.6 Å². The van der Waals surface area contributed by atoms with E-state index in [1.807, 2.05) is 61.5 Å². The SMILES string of the molecule is C.Cc1ccc(-n2nc(C(C)(C)C)cc2NC(=O)Nc2ccc(Oc3ccnc(CC(=O)CNC(=O)C4CCOCC4)c3)c3ccccc23)cc1.O=C(O)C1CCOCC1. The minimum Gasteiger partial charge on any atom is -0.481 e. The fourth-order valence-corrected chi connectivity index (χ4v) is 6.70. The van der Waals surface area contributed by atoms with E-state index in [2.05, 4.69) is 41.7 Å². The molecule has 2 aliphatic heterocycles. The van der Waals surface area contributed by atoms with Crippen LogP contribution >= 0.6 is 0 Å². The number of fused-ring (bicyclic) bond motifs is 1. The molecular formula is C46H56N6O8. The number of aromatic nitrogens is 3. The number of rotatable bonds is 11. The average molecular weight is 821 g/mol. The zero-order valence-corrected chi connectivity index (χ0v) is 34.0. The number of carboxylic acids is 1. The summed E-state index contributed by atoms with van der Waals surface area (Å²) in [5, 5.41) is 23.6. The first-order chi connectivity index (χ1) is 28.3. The summed E-state index contributed by atoms with van der Waals surface area (Å²) >= 11 is 0. The third-order valence-corrected chi connectivity index (χ3v) is 10.1. The molecule has 2 fully saturated rings. The summed E-state index contributed by atoms with van der Waals surface area (Å²) < 4.78 is 18.3. The Labute approximate surface area is 351 Å². The number of nitrogens with zero attached hydrogens (tertiary/aromatic N) is 3. The number of urea groups is 1. The van der Waals surface area contributed by atoms with Crippen LogP contribution in [0.1, 0.15) is 70.8 Å². The van der Waals surface area contributed by atoms with E-state index in [0.717, 1.165) is 27.7 Å². The predicted octanol–water partition coefficient (Wildman–Crippen LogP) is 8.25. The lowest BCUT2D eigenvalue weighted by Gasteiger charge is -2.20. The molecule has 60 heavy (non-hydrogen) atoms. The number of anilines is 2. The maximum atomic E-state index is 13.4. The van der Waals surface area contributed by atoms with Crippen LogP contribution in [0.4, 0.5) is 16.3 Å². The Morgan fingerprint density at radius 1 is 0.833 bits per heavy atom. The molecule has 4 heterocycles. The maximum absolute atomic E-state index is 13.4. The van der Waals surface area contributed by atoms with Crippen LogP contribution in [0.25, 0.3) is 16.5 Å². The molecule has 0 radical (unpaired) electrons. The highest BCUT2D eigenvalue weighted by Crippen LogP contribution is 2.35. The number of hydrogen-bond acceptors (Lipinski definition) is 9. The van der Waals surface area contributed by atoms with Crippen LogP contribution in [0.3, 0.4) is 0 Å². The zero-order chi connectivity index (χ0) is 41.9. The van der Waals surface area contributed by atoms with Gasteiger partial charge >= 0.3 is 12.0 Å². The van der Waals surface area contributed by atoms with Crippen LogP contribution in [-0.2, 0) is 35.7 Å². The second-order valence-electron chi connectivity index (χ2n) is 15.8. The van der Waals surface area contributed by atoms with Gasteiger partial charge in [-0.05, 0) is 62.9 Å². The van der Waals surface area contributed by atoms with E-state index < -0.39 is 12.0 Å². The monoisotopic (exact) mass is 820 g/mol. The fourth-order valence-electron chi connectivity index (χ4n) is 6.70. The van der Waals surface area contributed by atoms with Crippen LogP contribution in [0.15, 0.2) is 85.1 Å². The van der Waals surface area contributed by atoms with Gasteiger partial charge in [0.15, 0.2) is 5.78 Å². The molecule has 0 aliphatic carbocycles. The highest BCUT2D eigenvalue weighted by Gasteiger charge is 2.24. The number of carboxylic acid groups (broad SMARTS) is 1. The van der Waals surface area contributed by atoms with Crippen molar-refractivity contribution in [1.29, 1.82) is 0 Å². The molecule has 0 spiro atoms. The third-order valence-electron chi connectivity index (χ3n) is 10.1. The van der Waals surface area contributed by atoms with Gasteiger partial charge < -0.3 is 30.0 Å². The van der Waals surface area contributed by atoms with E-state index >= 15 is 0 Å². The average Bonchev–Trinajstić information content (AvgIpc) is 3.66. The number of Topliss-reactive ketones (excluding diaryl/α,β-unsaturated/α-hetero) is 1. The summed E-state index contributed by atoms with van der Waals surface area (Å²) in [7, 11) is 0. The van der Waals surface area contributed by atoms with Crippen molar-refractivity contribution >= 4 is 46.0 Å². The van der Waals surface area contributed by atoms with Crippen LogP contribution < -0.4 is 20.7 Å². The summed E-state index contributed by atoms with van der Waals surface area (Å²) in [5.41, 5.74) is 3.74. The first-order valence-electron chi connectivity index (χ1n) is 19.9. The lowest BCUT2D eigenvalue weighted by molar-refractivity contribution is -0.144. The quantitative estimate of drug-likeness (QED) is 0.101. The van der Waals surface area contributed by atoms with Gasteiger partial charge in [-0.1, -0.05) is 70.2 Å². The van der Waals surface area contributed by atoms with Crippen LogP contribution in [0.2, 0.25) is 0 Å². The van der Waals surface area contributed by atoms with E-state index in [-0.39, 0.29) is 49.3 Å². The van der Waals surface area contributed by atoms with E-state index in [1.54, 1.807) is 35.1 Å². The van der Waals surface area contributed by atoms with E-state index in [1.165, 1.54) is 0 Å². The smallest absolute Gasteiger partial charge is 0.324 e. The molecule has 3 amide bonds. The summed E-state index contributed by atoms with van der Waals surface area (Å²) in [6.07, 6.45) is 4.33. The van der Waals surface area contributed by atoms with Gasteiger partial charge in [0, 0.05) is 66.9 Å². The predicted molar refractivity (Wildman–Crippen MR) is 231 cm³/mol. The summed E-state index contributed by atoms with van der Waals surface area (Å²) in [4.78, 5) is 53.1. The molecule has 7 rings (SSSR count). The van der Waals surface area contributed by atoms with E-state index in [0.29, 0.717) is 80.8 Å². The van der Waals surface area contributed by atoms with Crippen molar-refractivity contribution in [2.45, 2.75) is 72.6 Å². The number of hydrogen-bond donors (Lipinski definition) is 4. The Morgan fingerprint density at radius 3 is 2.12 bits per heavy atom. The topological polar surface area (TPSA) is 183 Å². The van der Waals surface area contributed by atoms with Gasteiger partial charge in [0.05, 0.1) is 41.6 Å². The number of carbonyl (C=O) groups excluding carboxylic acids is 3. The van der Waals surface area contributed by atoms with Gasteiger partial charge in [-0.25, -0.2) is 9.48 Å². The van der Waals surface area contributed by atoms with E-state index in [9.17, 15) is 19.2 Å². The highest BCUT2D eigenvalue weighted by atomic mass is 16.5. The van der Waals surface area contributed by atoms with Crippen molar-refractivity contribution in [3.8, 4) is 17.2 Å². The summed E-state index contributed by atoms with van der Waals surface area (Å²) in [6, 6.07) is 24.1. The molecule has 318 valence electrons. The van der Waals surface area contributed by atoms with Crippen molar-refractivity contribution in [1.82, 2.24) is 20.1 Å². The number of pyridine rings is 1. The Kier molecular flexibility index (Phi) is 15.5. The van der Waals surface area contributed by atoms with Crippen LogP contribution in [0, 0.1) is 18.8 Å². The number of ether oxygens (including phenoxy) is 3. The first kappa shape index (κ1) is 45.0. The van der Waals surface area contributed by atoms with Crippen molar-refractivity contribution in [3.05, 3.63) is 102 Å². The molecule has 2 aliphatic rings. The number of amides is 3. The van der Waals surface area contributed by atoms with Crippen molar-refractivity contribution < 1.29 is 38.5 Å². The second-order valence-corrected chi connectivity index (χ2v) is 15.8. The Morgan fingerprint density at radius 2 is 1.48 bits per heavy atom. The fraction of sp³-hybridized carbons (Fsp3) is 0.391. The van der Waals surface area contributed by atoms with Crippen molar-refractivity contribution in [3.63, 3.8) is 0 Å². The molecule has 0 bridgehead atoms. The molecule has 14 heteroatoms. The molecule has 0 atom stereocenters. The minimum atomic E-state index is -0.682. The molecule has 4 N–H and O–H groups in total. The first-order valence-corrected chi connectivity index (χ1v) is 19.9. The molecule has 2 aromatic heterocycles. The second kappa shape index (κ2) is 20.7. The maximum Gasteiger partial charge on any atom is 0.324 e. The number of benzene rings is 3. The molecule has 5 aromatic rings. The standard InChI is InChI=1S/C39H42N6O5.C6H10O3.CH4/c1-25-9-11-28(12-10-25)45-36(23-35(44-45)39(2,3)4)43-38(48)42-33-13-14-34(32-8-6-5-7-31(32)33)50-30-15-18-40-27(22-30)21-29(46)24-41-37(47)26-16-19-49-20-17-26;7-6(8)5-1-3-9-4-2-5;/h5-15,18,22-23,26H,16-17,19-21,24H2,1-4H3,(H,41,47)(H2,42,43,48);5H,1-4H2,(H,7,8);1H4. The molecule has 2 saturated heterocycles. The summed E-state index contributed by atoms with van der Waals surface area (Å²) in [5.74, 6) is 0.421. The third kappa shape index (κ3) is 12.2. The molecule has 3 aromatic carbocycles. The van der Waals surface area contributed by atoms with E-state index in [4.69, 9.17) is 24.4 Å². The van der Waals surface area contributed by atoms with Gasteiger partial charge in [-0.2, -0.15) is 5.10 Å². The number of nitrogens with one attached hydrogen (secondary N) is 3. The Bertz CT molecular complexity index is 2250. The van der Waals surface area contributed by atoms with Gasteiger partial charge in [0.25, 0.3) is 0 Å².